The Morgan fingerprint density at radius 3 is 2.13 bits per heavy atom. The molecule has 7 heteroatoms. The van der Waals surface area contributed by atoms with Crippen LogP contribution in [0.2, 0.25) is 19.6 Å². The van der Waals surface area contributed by atoms with Crippen LogP contribution in [0.15, 0.2) is 48.5 Å². The highest BCUT2D eigenvalue weighted by Gasteiger charge is 2.53. The number of nitriles is 1. The lowest BCUT2D eigenvalue weighted by Crippen LogP contribution is -2.42. The van der Waals surface area contributed by atoms with Gasteiger partial charge < -0.3 is 15.0 Å². The van der Waals surface area contributed by atoms with Crippen LogP contribution in [0.1, 0.15) is 24.4 Å². The molecule has 2 amide bonds. The fraction of sp³-hybridized carbons (Fsp3) is 0.375. The van der Waals surface area contributed by atoms with Crippen LogP contribution in [0.3, 0.4) is 0 Å². The topological polar surface area (TPSA) is 82.4 Å². The number of carbonyl (C=O) groups is 2. The first-order valence-corrected chi connectivity index (χ1v) is 13.9. The molecular formula is C24H29N3O3Si. The van der Waals surface area contributed by atoms with Crippen LogP contribution in [-0.4, -0.2) is 38.9 Å². The van der Waals surface area contributed by atoms with Crippen molar-refractivity contribution in [3.05, 3.63) is 54.1 Å². The number of ether oxygens (including phenoxy) is 1. The first-order chi connectivity index (χ1) is 14.6. The van der Waals surface area contributed by atoms with Crippen molar-refractivity contribution in [1.82, 2.24) is 4.90 Å². The standard InChI is InChI=1S/C24H29N3O3Si/c1-27(23(29)24(16-25)14-15-24)21(17-6-10-19(30-2)11-7-17)22(28)26-18-8-12-20(13-9-18)31(3,4)5/h6-13,21H,14-15H2,1-5H3,(H,26,28). The van der Waals surface area contributed by atoms with E-state index in [0.717, 1.165) is 0 Å². The molecule has 1 saturated carbocycles. The van der Waals surface area contributed by atoms with Gasteiger partial charge in [0.05, 0.1) is 21.3 Å². The fourth-order valence-corrected chi connectivity index (χ4v) is 4.72. The number of methoxy groups -OCH3 is 1. The molecule has 3 rings (SSSR count). The lowest BCUT2D eigenvalue weighted by atomic mass is 10.0. The molecule has 0 bridgehead atoms. The third-order valence-corrected chi connectivity index (χ3v) is 7.84. The summed E-state index contributed by atoms with van der Waals surface area (Å²) in [4.78, 5) is 27.7. The highest BCUT2D eigenvalue weighted by atomic mass is 28.3. The van der Waals surface area contributed by atoms with Crippen molar-refractivity contribution >= 4 is 30.8 Å². The Kier molecular flexibility index (Phi) is 6.23. The molecule has 0 saturated heterocycles. The predicted molar refractivity (Wildman–Crippen MR) is 124 cm³/mol. The van der Waals surface area contributed by atoms with E-state index in [1.165, 1.54) is 10.1 Å². The number of hydrogen-bond acceptors (Lipinski definition) is 4. The molecule has 0 spiro atoms. The minimum atomic E-state index is -1.44. The number of nitrogens with one attached hydrogen (secondary N) is 1. The molecular weight excluding hydrogens is 406 g/mol. The number of hydrogen-bond donors (Lipinski definition) is 1. The Balaban J connectivity index is 1.88. The number of nitrogens with zero attached hydrogens (tertiary/aromatic N) is 2. The van der Waals surface area contributed by atoms with Crippen molar-refractivity contribution in [1.29, 1.82) is 5.26 Å². The summed E-state index contributed by atoms with van der Waals surface area (Å²) >= 11 is 0. The second kappa shape index (κ2) is 8.56. The summed E-state index contributed by atoms with van der Waals surface area (Å²) in [5, 5.41) is 13.7. The van der Waals surface area contributed by atoms with Gasteiger partial charge in [-0.25, -0.2) is 0 Å². The number of benzene rings is 2. The van der Waals surface area contributed by atoms with Crippen LogP contribution >= 0.6 is 0 Å². The maximum absolute atomic E-state index is 13.3. The molecule has 1 aliphatic rings. The smallest absolute Gasteiger partial charge is 0.251 e. The third-order valence-electron chi connectivity index (χ3n) is 5.78. The normalized spacial score (nSPS) is 15.4. The van der Waals surface area contributed by atoms with Crippen LogP contribution in [0, 0.1) is 16.7 Å². The molecule has 1 atom stereocenters. The summed E-state index contributed by atoms with van der Waals surface area (Å²) in [6, 6.07) is 16.2. The molecule has 1 aliphatic carbocycles. The van der Waals surface area contributed by atoms with Crippen LogP contribution in [-0.2, 0) is 9.59 Å². The van der Waals surface area contributed by atoms with E-state index in [2.05, 4.69) is 31.0 Å². The van der Waals surface area contributed by atoms with Gasteiger partial charge in [-0.3, -0.25) is 9.59 Å². The minimum Gasteiger partial charge on any atom is -0.497 e. The summed E-state index contributed by atoms with van der Waals surface area (Å²) in [5.41, 5.74) is 0.327. The van der Waals surface area contributed by atoms with Gasteiger partial charge in [-0.1, -0.05) is 49.1 Å². The van der Waals surface area contributed by atoms with Crippen LogP contribution in [0.5, 0.6) is 5.75 Å². The van der Waals surface area contributed by atoms with E-state index in [-0.39, 0.29) is 11.8 Å². The maximum Gasteiger partial charge on any atom is 0.251 e. The zero-order valence-corrected chi connectivity index (χ0v) is 19.7. The lowest BCUT2D eigenvalue weighted by Gasteiger charge is -2.29. The Hall–Kier alpha value is -3.11. The number of anilines is 1. The van der Waals surface area contributed by atoms with Crippen LogP contribution in [0.25, 0.3) is 0 Å². The Labute approximate surface area is 184 Å². The molecule has 2 aromatic carbocycles. The first kappa shape index (κ1) is 22.6. The quantitative estimate of drug-likeness (QED) is 0.673. The lowest BCUT2D eigenvalue weighted by molar-refractivity contribution is -0.140. The molecule has 1 fully saturated rings. The van der Waals surface area contributed by atoms with Crippen molar-refractivity contribution in [3.63, 3.8) is 0 Å². The molecule has 2 aromatic rings. The second-order valence-corrected chi connectivity index (χ2v) is 14.2. The van der Waals surface area contributed by atoms with E-state index in [1.54, 1.807) is 38.4 Å². The molecule has 6 nitrogen and oxygen atoms in total. The summed E-state index contributed by atoms with van der Waals surface area (Å²) < 4.78 is 5.21. The van der Waals surface area contributed by atoms with Gasteiger partial charge in [-0.15, -0.1) is 0 Å². The summed E-state index contributed by atoms with van der Waals surface area (Å²) in [6.07, 6.45) is 1.06. The van der Waals surface area contributed by atoms with Crippen LogP contribution in [0.4, 0.5) is 5.69 Å². The summed E-state index contributed by atoms with van der Waals surface area (Å²) in [7, 11) is 1.72. The van der Waals surface area contributed by atoms with Gasteiger partial charge in [0.15, 0.2) is 0 Å². The average Bonchev–Trinajstić information content (AvgIpc) is 3.55. The molecule has 1 unspecified atom stereocenters. The number of rotatable bonds is 7. The van der Waals surface area contributed by atoms with Gasteiger partial charge in [0.2, 0.25) is 5.91 Å². The predicted octanol–water partition coefficient (Wildman–Crippen LogP) is 3.68. The fourth-order valence-electron chi connectivity index (χ4n) is 3.55. The van der Waals surface area contributed by atoms with Crippen molar-refractivity contribution < 1.29 is 14.3 Å². The number of likely N-dealkylation sites (N-methyl/N-ethyl adjacent to an activating group) is 1. The van der Waals surface area contributed by atoms with Crippen LogP contribution < -0.4 is 15.2 Å². The molecule has 1 N–H and O–H groups in total. The minimum absolute atomic E-state index is 0.319. The average molecular weight is 436 g/mol. The van der Waals surface area contributed by atoms with E-state index in [4.69, 9.17) is 4.74 Å². The number of amides is 2. The van der Waals surface area contributed by atoms with E-state index >= 15 is 0 Å². The third kappa shape index (κ3) is 4.80. The molecule has 31 heavy (non-hydrogen) atoms. The Morgan fingerprint density at radius 2 is 1.68 bits per heavy atom. The molecule has 0 heterocycles. The Morgan fingerprint density at radius 1 is 1.10 bits per heavy atom. The van der Waals surface area contributed by atoms with Gasteiger partial charge in [0, 0.05) is 12.7 Å². The Bertz CT molecular complexity index is 1000. The van der Waals surface area contributed by atoms with Crippen molar-refractivity contribution in [2.24, 2.45) is 5.41 Å². The zero-order valence-electron chi connectivity index (χ0n) is 18.7. The largest absolute Gasteiger partial charge is 0.497 e. The highest BCUT2D eigenvalue weighted by molar-refractivity contribution is 6.88. The van der Waals surface area contributed by atoms with Crippen molar-refractivity contribution in [2.75, 3.05) is 19.5 Å². The molecule has 0 radical (unpaired) electrons. The van der Waals surface area contributed by atoms with Gasteiger partial charge in [0.1, 0.15) is 17.2 Å². The van der Waals surface area contributed by atoms with Gasteiger partial charge in [-0.2, -0.15) is 5.26 Å². The van der Waals surface area contributed by atoms with Crippen molar-refractivity contribution in [3.8, 4) is 11.8 Å². The highest BCUT2D eigenvalue weighted by Crippen LogP contribution is 2.47. The maximum atomic E-state index is 13.3. The number of carbonyl (C=O) groups excluding carboxylic acids is 2. The monoisotopic (exact) mass is 435 g/mol. The van der Waals surface area contributed by atoms with E-state index < -0.39 is 19.5 Å². The van der Waals surface area contributed by atoms with Gasteiger partial charge in [-0.05, 0) is 42.7 Å². The van der Waals surface area contributed by atoms with E-state index in [0.29, 0.717) is 29.8 Å². The summed E-state index contributed by atoms with van der Waals surface area (Å²) in [5.74, 6) is 0.0186. The summed E-state index contributed by atoms with van der Waals surface area (Å²) in [6.45, 7) is 6.80. The van der Waals surface area contributed by atoms with Gasteiger partial charge in [0.25, 0.3) is 5.91 Å². The molecule has 0 aliphatic heterocycles. The molecule has 162 valence electrons. The zero-order chi connectivity index (χ0) is 22.8. The molecule has 0 aromatic heterocycles. The SMILES string of the molecule is COc1ccc(C(C(=O)Nc2ccc([Si](C)(C)C)cc2)N(C)C(=O)C2(C#N)CC2)cc1. The first-order valence-electron chi connectivity index (χ1n) is 10.4. The second-order valence-electron chi connectivity index (χ2n) is 9.10. The van der Waals surface area contributed by atoms with Gasteiger partial charge >= 0.3 is 0 Å². The van der Waals surface area contributed by atoms with E-state index in [9.17, 15) is 14.9 Å². The van der Waals surface area contributed by atoms with E-state index in [1.807, 2.05) is 24.3 Å². The van der Waals surface area contributed by atoms with Crippen molar-refractivity contribution in [2.45, 2.75) is 38.5 Å².